The van der Waals surface area contributed by atoms with Gasteiger partial charge in [0.25, 0.3) is 0 Å². The van der Waals surface area contributed by atoms with Gasteiger partial charge < -0.3 is 10.0 Å². The van der Waals surface area contributed by atoms with E-state index in [1.807, 2.05) is 0 Å². The fraction of sp³-hybridized carbons (Fsp3) is 0.818. The standard InChI is InChI=1S/C11H18N2O5S/c14-10(15)7-19(17,18)12-9-3-5-13(6-4-9)11(16)8-1-2-8/h8-9,12H,1-7H2,(H,14,15). The average molecular weight is 290 g/mol. The minimum atomic E-state index is -3.78. The van der Waals surface area contributed by atoms with Gasteiger partial charge in [-0.2, -0.15) is 0 Å². The summed E-state index contributed by atoms with van der Waals surface area (Å²) in [5.41, 5.74) is 0. The van der Waals surface area contributed by atoms with Crippen molar-refractivity contribution < 1.29 is 23.1 Å². The molecule has 2 N–H and O–H groups in total. The Balaban J connectivity index is 1.79. The van der Waals surface area contributed by atoms with Crippen molar-refractivity contribution in [1.29, 1.82) is 0 Å². The van der Waals surface area contributed by atoms with Gasteiger partial charge in [0.1, 0.15) is 0 Å². The number of carbonyl (C=O) groups excluding carboxylic acids is 1. The molecule has 1 aliphatic carbocycles. The third-order valence-electron chi connectivity index (χ3n) is 3.39. The number of nitrogens with one attached hydrogen (secondary N) is 1. The van der Waals surface area contributed by atoms with Crippen molar-refractivity contribution in [1.82, 2.24) is 9.62 Å². The van der Waals surface area contributed by atoms with Crippen LogP contribution in [0.15, 0.2) is 0 Å². The third kappa shape index (κ3) is 4.17. The predicted molar refractivity (Wildman–Crippen MR) is 66.9 cm³/mol. The first-order chi connectivity index (χ1) is 8.87. The van der Waals surface area contributed by atoms with E-state index in [4.69, 9.17) is 5.11 Å². The highest BCUT2D eigenvalue weighted by Crippen LogP contribution is 2.31. The number of piperidine rings is 1. The van der Waals surface area contributed by atoms with E-state index in [9.17, 15) is 18.0 Å². The van der Waals surface area contributed by atoms with Gasteiger partial charge >= 0.3 is 5.97 Å². The van der Waals surface area contributed by atoms with E-state index in [1.165, 1.54) is 0 Å². The van der Waals surface area contributed by atoms with Crippen LogP contribution in [0.4, 0.5) is 0 Å². The number of amides is 1. The number of carboxylic acid groups (broad SMARTS) is 1. The molecule has 19 heavy (non-hydrogen) atoms. The molecular weight excluding hydrogens is 272 g/mol. The highest BCUT2D eigenvalue weighted by molar-refractivity contribution is 7.90. The number of carbonyl (C=O) groups is 2. The fourth-order valence-corrected chi connectivity index (χ4v) is 3.42. The molecule has 1 heterocycles. The molecule has 0 radical (unpaired) electrons. The van der Waals surface area contributed by atoms with Crippen LogP contribution < -0.4 is 4.72 Å². The normalized spacial score (nSPS) is 21.4. The molecule has 8 heteroatoms. The zero-order valence-electron chi connectivity index (χ0n) is 10.5. The number of hydrogen-bond acceptors (Lipinski definition) is 4. The van der Waals surface area contributed by atoms with Crippen molar-refractivity contribution in [2.75, 3.05) is 18.8 Å². The van der Waals surface area contributed by atoms with Crippen molar-refractivity contribution in [3.8, 4) is 0 Å². The fourth-order valence-electron chi connectivity index (χ4n) is 2.26. The number of nitrogens with zero attached hydrogens (tertiary/aromatic N) is 1. The zero-order chi connectivity index (χ0) is 14.0. The molecule has 0 aromatic heterocycles. The van der Waals surface area contributed by atoms with Gasteiger partial charge in [0.05, 0.1) is 0 Å². The van der Waals surface area contributed by atoms with Crippen LogP contribution in [0.25, 0.3) is 0 Å². The molecule has 0 unspecified atom stereocenters. The predicted octanol–water partition coefficient (Wildman–Crippen LogP) is -0.609. The van der Waals surface area contributed by atoms with Gasteiger partial charge in [-0.15, -0.1) is 0 Å². The first-order valence-electron chi connectivity index (χ1n) is 6.38. The molecule has 0 spiro atoms. The maximum absolute atomic E-state index is 11.8. The molecule has 1 saturated carbocycles. The summed E-state index contributed by atoms with van der Waals surface area (Å²) in [5.74, 6) is -1.92. The van der Waals surface area contributed by atoms with Crippen LogP contribution in [0.1, 0.15) is 25.7 Å². The monoisotopic (exact) mass is 290 g/mol. The first-order valence-corrected chi connectivity index (χ1v) is 8.03. The van der Waals surface area contributed by atoms with Crippen molar-refractivity contribution in [2.45, 2.75) is 31.7 Å². The number of sulfonamides is 1. The van der Waals surface area contributed by atoms with Crippen LogP contribution in [-0.4, -0.2) is 55.2 Å². The smallest absolute Gasteiger partial charge is 0.320 e. The first kappa shape index (κ1) is 14.3. The van der Waals surface area contributed by atoms with Crippen LogP contribution in [0.2, 0.25) is 0 Å². The summed E-state index contributed by atoms with van der Waals surface area (Å²) in [6.07, 6.45) is 3.00. The lowest BCUT2D eigenvalue weighted by molar-refractivity contribution is -0.134. The number of aliphatic carboxylic acids is 1. The van der Waals surface area contributed by atoms with Crippen LogP contribution in [-0.2, 0) is 19.6 Å². The van der Waals surface area contributed by atoms with Crippen molar-refractivity contribution in [3.05, 3.63) is 0 Å². The molecule has 7 nitrogen and oxygen atoms in total. The number of likely N-dealkylation sites (tertiary alicyclic amines) is 1. The Morgan fingerprint density at radius 1 is 1.16 bits per heavy atom. The summed E-state index contributed by atoms with van der Waals surface area (Å²) in [6, 6.07) is -0.271. The van der Waals surface area contributed by atoms with E-state index >= 15 is 0 Å². The maximum Gasteiger partial charge on any atom is 0.320 e. The van der Waals surface area contributed by atoms with Gasteiger partial charge in [0, 0.05) is 25.0 Å². The highest BCUT2D eigenvalue weighted by atomic mass is 32.2. The lowest BCUT2D eigenvalue weighted by Gasteiger charge is -2.32. The van der Waals surface area contributed by atoms with Crippen molar-refractivity contribution in [2.24, 2.45) is 5.92 Å². The van der Waals surface area contributed by atoms with Crippen LogP contribution >= 0.6 is 0 Å². The molecule has 0 aromatic rings. The van der Waals surface area contributed by atoms with Gasteiger partial charge in [0.15, 0.2) is 5.75 Å². The molecule has 1 saturated heterocycles. The average Bonchev–Trinajstić information content (AvgIpc) is 3.10. The molecule has 0 bridgehead atoms. The molecule has 1 amide bonds. The van der Waals surface area contributed by atoms with E-state index in [0.29, 0.717) is 25.9 Å². The quantitative estimate of drug-likeness (QED) is 0.703. The number of carboxylic acids is 1. The Hall–Kier alpha value is -1.15. The molecule has 108 valence electrons. The lowest BCUT2D eigenvalue weighted by Crippen LogP contribution is -2.47. The molecule has 2 rings (SSSR count). The van der Waals surface area contributed by atoms with E-state index in [1.54, 1.807) is 4.90 Å². The molecule has 1 aliphatic heterocycles. The SMILES string of the molecule is O=C(O)CS(=O)(=O)NC1CCN(C(=O)C2CC2)CC1. The van der Waals surface area contributed by atoms with Crippen molar-refractivity contribution in [3.63, 3.8) is 0 Å². The molecule has 2 aliphatic rings. The topological polar surface area (TPSA) is 104 Å². The van der Waals surface area contributed by atoms with Gasteiger partial charge in [-0.1, -0.05) is 0 Å². The van der Waals surface area contributed by atoms with Gasteiger partial charge in [-0.3, -0.25) is 9.59 Å². The second-order valence-electron chi connectivity index (χ2n) is 5.14. The Morgan fingerprint density at radius 3 is 2.21 bits per heavy atom. The Labute approximate surface area is 112 Å². The summed E-state index contributed by atoms with van der Waals surface area (Å²) in [4.78, 5) is 24.0. The van der Waals surface area contributed by atoms with Gasteiger partial charge in [-0.25, -0.2) is 13.1 Å². The Morgan fingerprint density at radius 2 is 1.74 bits per heavy atom. The van der Waals surface area contributed by atoms with Gasteiger partial charge in [0.2, 0.25) is 15.9 Å². The molecule has 2 fully saturated rings. The second kappa shape index (κ2) is 5.46. The zero-order valence-corrected chi connectivity index (χ0v) is 11.4. The van der Waals surface area contributed by atoms with E-state index in [2.05, 4.69) is 4.72 Å². The number of hydrogen-bond donors (Lipinski definition) is 2. The Bertz CT molecular complexity index is 463. The van der Waals surface area contributed by atoms with Crippen molar-refractivity contribution >= 4 is 21.9 Å². The van der Waals surface area contributed by atoms with E-state index in [0.717, 1.165) is 12.8 Å². The summed E-state index contributed by atoms with van der Waals surface area (Å²) in [7, 11) is -3.78. The summed E-state index contributed by atoms with van der Waals surface area (Å²) in [5, 5.41) is 8.49. The Kier molecular flexibility index (Phi) is 4.10. The lowest BCUT2D eigenvalue weighted by atomic mass is 10.1. The van der Waals surface area contributed by atoms with E-state index < -0.39 is 21.7 Å². The summed E-state index contributed by atoms with van der Waals surface area (Å²) in [6.45, 7) is 1.07. The minimum absolute atomic E-state index is 0.173. The molecular formula is C11H18N2O5S. The molecule has 0 aromatic carbocycles. The largest absolute Gasteiger partial charge is 0.480 e. The maximum atomic E-state index is 11.8. The summed E-state index contributed by atoms with van der Waals surface area (Å²) >= 11 is 0. The molecule has 0 atom stereocenters. The second-order valence-corrected chi connectivity index (χ2v) is 6.90. The highest BCUT2D eigenvalue weighted by Gasteiger charge is 2.35. The van der Waals surface area contributed by atoms with E-state index in [-0.39, 0.29) is 17.9 Å². The third-order valence-corrected chi connectivity index (χ3v) is 4.71. The number of rotatable bonds is 5. The van der Waals surface area contributed by atoms with Crippen LogP contribution in [0.5, 0.6) is 0 Å². The minimum Gasteiger partial charge on any atom is -0.480 e. The summed E-state index contributed by atoms with van der Waals surface area (Å²) < 4.78 is 25.3. The van der Waals surface area contributed by atoms with Crippen LogP contribution in [0.3, 0.4) is 0 Å². The van der Waals surface area contributed by atoms with Gasteiger partial charge in [-0.05, 0) is 25.7 Å². The van der Waals surface area contributed by atoms with Crippen LogP contribution in [0, 0.1) is 5.92 Å².